The molecule has 0 amide bonds. The third-order valence-electron chi connectivity index (χ3n) is 2.62. The van der Waals surface area contributed by atoms with Crippen LogP contribution in [0.3, 0.4) is 0 Å². The van der Waals surface area contributed by atoms with Gasteiger partial charge >= 0.3 is 0 Å². The van der Waals surface area contributed by atoms with Gasteiger partial charge in [0.1, 0.15) is 5.75 Å². The van der Waals surface area contributed by atoms with Crippen LogP contribution in [0.15, 0.2) is 53.0 Å². The van der Waals surface area contributed by atoms with E-state index >= 15 is 0 Å². The number of hydrogen-bond acceptors (Lipinski definition) is 2. The van der Waals surface area contributed by atoms with Crippen LogP contribution < -0.4 is 10.1 Å². The maximum absolute atomic E-state index is 5.60. The summed E-state index contributed by atoms with van der Waals surface area (Å²) in [6.07, 6.45) is 0. The number of hydrogen-bond donors (Lipinski definition) is 1. The monoisotopic (exact) mass is 305 g/mol. The first-order chi connectivity index (χ1) is 8.81. The van der Waals surface area contributed by atoms with E-state index in [0.717, 1.165) is 28.0 Å². The molecule has 2 nitrogen and oxygen atoms in total. The second-order valence-corrected chi connectivity index (χ2v) is 4.73. The van der Waals surface area contributed by atoms with Crippen molar-refractivity contribution in [3.05, 3.63) is 58.6 Å². The number of nitrogens with one attached hydrogen (secondary N) is 1. The fourth-order valence-electron chi connectivity index (χ4n) is 1.74. The second-order valence-electron chi connectivity index (χ2n) is 3.87. The van der Waals surface area contributed by atoms with Crippen LogP contribution in [-0.4, -0.2) is 6.61 Å². The van der Waals surface area contributed by atoms with Crippen molar-refractivity contribution in [1.82, 2.24) is 0 Å². The molecule has 0 heterocycles. The fraction of sp³-hybridized carbons (Fsp3) is 0.200. The summed E-state index contributed by atoms with van der Waals surface area (Å²) in [5.41, 5.74) is 2.25. The van der Waals surface area contributed by atoms with E-state index in [2.05, 4.69) is 27.3 Å². The number of anilines is 1. The van der Waals surface area contributed by atoms with E-state index in [1.807, 2.05) is 49.4 Å². The zero-order chi connectivity index (χ0) is 12.8. The minimum absolute atomic E-state index is 0.687. The fourth-order valence-corrected chi connectivity index (χ4v) is 2.17. The van der Waals surface area contributed by atoms with Crippen molar-refractivity contribution in [1.29, 1.82) is 0 Å². The van der Waals surface area contributed by atoms with Gasteiger partial charge in [0.05, 0.1) is 6.61 Å². The van der Waals surface area contributed by atoms with Crippen molar-refractivity contribution in [2.24, 2.45) is 0 Å². The van der Waals surface area contributed by atoms with Gasteiger partial charge in [-0.3, -0.25) is 0 Å². The second kappa shape index (κ2) is 6.45. The highest BCUT2D eigenvalue weighted by molar-refractivity contribution is 9.10. The summed E-state index contributed by atoms with van der Waals surface area (Å²) in [5.74, 6) is 0.944. The van der Waals surface area contributed by atoms with Gasteiger partial charge in [-0.25, -0.2) is 0 Å². The van der Waals surface area contributed by atoms with E-state index in [0.29, 0.717) is 6.61 Å². The Morgan fingerprint density at radius 3 is 2.56 bits per heavy atom. The lowest BCUT2D eigenvalue weighted by atomic mass is 10.2. The molecule has 3 heteroatoms. The summed E-state index contributed by atoms with van der Waals surface area (Å²) in [6, 6.07) is 16.2. The van der Waals surface area contributed by atoms with Crippen LogP contribution in [0.2, 0.25) is 0 Å². The molecule has 2 aromatic rings. The highest BCUT2D eigenvalue weighted by Gasteiger charge is 2.03. The predicted octanol–water partition coefficient (Wildman–Crippen LogP) is 4.46. The van der Waals surface area contributed by atoms with Gasteiger partial charge < -0.3 is 10.1 Å². The van der Waals surface area contributed by atoms with Gasteiger partial charge in [-0.2, -0.15) is 0 Å². The van der Waals surface area contributed by atoms with Gasteiger partial charge in [-0.15, -0.1) is 0 Å². The highest BCUT2D eigenvalue weighted by atomic mass is 79.9. The summed E-state index contributed by atoms with van der Waals surface area (Å²) in [6.45, 7) is 3.43. The molecule has 2 aromatic carbocycles. The topological polar surface area (TPSA) is 21.3 Å². The molecule has 0 radical (unpaired) electrons. The molecule has 0 aliphatic carbocycles. The van der Waals surface area contributed by atoms with E-state index in [4.69, 9.17) is 4.74 Å². The van der Waals surface area contributed by atoms with E-state index in [1.54, 1.807) is 0 Å². The van der Waals surface area contributed by atoms with Crippen molar-refractivity contribution in [3.8, 4) is 5.75 Å². The lowest BCUT2D eigenvalue weighted by Crippen LogP contribution is -2.03. The SMILES string of the molecule is CCOc1ccccc1CNc1ccccc1Br. The summed E-state index contributed by atoms with van der Waals surface area (Å²) in [4.78, 5) is 0. The normalized spacial score (nSPS) is 10.1. The Balaban J connectivity index is 2.08. The molecule has 0 unspecified atom stereocenters. The van der Waals surface area contributed by atoms with E-state index < -0.39 is 0 Å². The number of benzene rings is 2. The molecule has 2 rings (SSSR count). The lowest BCUT2D eigenvalue weighted by Gasteiger charge is -2.12. The molecular formula is C15H16BrNO. The summed E-state index contributed by atoms with van der Waals surface area (Å²) in [5, 5.41) is 3.40. The molecule has 0 atom stereocenters. The van der Waals surface area contributed by atoms with Gasteiger partial charge in [0.25, 0.3) is 0 Å². The smallest absolute Gasteiger partial charge is 0.124 e. The first-order valence-electron chi connectivity index (χ1n) is 6.00. The molecule has 0 saturated heterocycles. The minimum Gasteiger partial charge on any atom is -0.494 e. The van der Waals surface area contributed by atoms with Crippen LogP contribution in [0.4, 0.5) is 5.69 Å². The number of rotatable bonds is 5. The van der Waals surface area contributed by atoms with Crippen LogP contribution in [0.5, 0.6) is 5.75 Å². The van der Waals surface area contributed by atoms with Crippen molar-refractivity contribution >= 4 is 21.6 Å². The summed E-state index contributed by atoms with van der Waals surface area (Å²) in [7, 11) is 0. The van der Waals surface area contributed by atoms with Crippen molar-refractivity contribution < 1.29 is 4.74 Å². The van der Waals surface area contributed by atoms with Crippen LogP contribution in [0.1, 0.15) is 12.5 Å². The summed E-state index contributed by atoms with van der Waals surface area (Å²) >= 11 is 3.53. The molecule has 0 aromatic heterocycles. The molecule has 0 fully saturated rings. The van der Waals surface area contributed by atoms with Gasteiger partial charge in [0, 0.05) is 22.3 Å². The zero-order valence-corrected chi connectivity index (χ0v) is 11.9. The van der Waals surface area contributed by atoms with Crippen molar-refractivity contribution in [2.45, 2.75) is 13.5 Å². The van der Waals surface area contributed by atoms with Crippen molar-refractivity contribution in [2.75, 3.05) is 11.9 Å². The van der Waals surface area contributed by atoms with E-state index in [9.17, 15) is 0 Å². The molecule has 0 saturated carbocycles. The van der Waals surface area contributed by atoms with Crippen LogP contribution in [0.25, 0.3) is 0 Å². The van der Waals surface area contributed by atoms with E-state index in [1.165, 1.54) is 0 Å². The summed E-state index contributed by atoms with van der Waals surface area (Å²) < 4.78 is 6.67. The Kier molecular flexibility index (Phi) is 4.65. The Morgan fingerprint density at radius 1 is 1.06 bits per heavy atom. The lowest BCUT2D eigenvalue weighted by molar-refractivity contribution is 0.337. The largest absolute Gasteiger partial charge is 0.494 e. The average molecular weight is 306 g/mol. The average Bonchev–Trinajstić information content (AvgIpc) is 2.40. The molecule has 0 aliphatic heterocycles. The Morgan fingerprint density at radius 2 is 1.78 bits per heavy atom. The molecule has 1 N–H and O–H groups in total. The molecule has 0 aliphatic rings. The molecule has 0 spiro atoms. The van der Waals surface area contributed by atoms with Crippen molar-refractivity contribution in [3.63, 3.8) is 0 Å². The van der Waals surface area contributed by atoms with Gasteiger partial charge in [0.15, 0.2) is 0 Å². The number of ether oxygens (including phenoxy) is 1. The molecule has 94 valence electrons. The standard InChI is InChI=1S/C15H16BrNO/c1-2-18-15-10-6-3-7-12(15)11-17-14-9-5-4-8-13(14)16/h3-10,17H,2,11H2,1H3. The first kappa shape index (κ1) is 13.0. The van der Waals surface area contributed by atoms with Gasteiger partial charge in [-0.05, 0) is 41.1 Å². The van der Waals surface area contributed by atoms with Gasteiger partial charge in [-0.1, -0.05) is 30.3 Å². The first-order valence-corrected chi connectivity index (χ1v) is 6.79. The maximum Gasteiger partial charge on any atom is 0.124 e. The predicted molar refractivity (Wildman–Crippen MR) is 79.1 cm³/mol. The van der Waals surface area contributed by atoms with E-state index in [-0.39, 0.29) is 0 Å². The Hall–Kier alpha value is -1.48. The third kappa shape index (κ3) is 3.26. The zero-order valence-electron chi connectivity index (χ0n) is 10.3. The van der Waals surface area contributed by atoms with Crippen LogP contribution in [0, 0.1) is 0 Å². The molecular weight excluding hydrogens is 290 g/mol. The Labute approximate surface area is 116 Å². The molecule has 0 bridgehead atoms. The quantitative estimate of drug-likeness (QED) is 0.880. The Bertz CT molecular complexity index is 513. The number of halogens is 1. The number of para-hydroxylation sites is 2. The minimum atomic E-state index is 0.687. The third-order valence-corrected chi connectivity index (χ3v) is 3.31. The molecule has 18 heavy (non-hydrogen) atoms. The van der Waals surface area contributed by atoms with Gasteiger partial charge in [0.2, 0.25) is 0 Å². The highest BCUT2D eigenvalue weighted by Crippen LogP contribution is 2.24. The van der Waals surface area contributed by atoms with Crippen LogP contribution in [-0.2, 0) is 6.54 Å². The van der Waals surface area contributed by atoms with Crippen LogP contribution >= 0.6 is 15.9 Å². The maximum atomic E-state index is 5.60.